The molecule has 0 unspecified atom stereocenters. The molecule has 0 atom stereocenters. The molecule has 0 amide bonds. The van der Waals surface area contributed by atoms with Crippen LogP contribution in [0.2, 0.25) is 0 Å². The number of ether oxygens (including phenoxy) is 2. The second-order valence-corrected chi connectivity index (χ2v) is 5.91. The predicted octanol–water partition coefficient (Wildman–Crippen LogP) is 4.44. The van der Waals surface area contributed by atoms with E-state index < -0.39 is 0 Å². The van der Waals surface area contributed by atoms with Crippen LogP contribution in [0.25, 0.3) is 0 Å². The smallest absolute Gasteiger partial charge is 0.310 e. The van der Waals surface area contributed by atoms with Gasteiger partial charge in [-0.05, 0) is 29.7 Å². The SMILES string of the molecule is C=C(CC)Oc1cccc2c1C(=O)c1c(cccc1OC(=O)CC)C2. The molecule has 0 aliphatic heterocycles. The zero-order valence-corrected chi connectivity index (χ0v) is 14.4. The lowest BCUT2D eigenvalue weighted by Crippen LogP contribution is -2.19. The van der Waals surface area contributed by atoms with E-state index in [4.69, 9.17) is 9.47 Å². The highest BCUT2D eigenvalue weighted by molar-refractivity contribution is 6.15. The van der Waals surface area contributed by atoms with E-state index in [1.807, 2.05) is 25.1 Å². The van der Waals surface area contributed by atoms with Crippen LogP contribution in [0, 0.1) is 0 Å². The van der Waals surface area contributed by atoms with Crippen molar-refractivity contribution in [1.82, 2.24) is 0 Å². The Morgan fingerprint density at radius 2 is 1.52 bits per heavy atom. The number of benzene rings is 2. The van der Waals surface area contributed by atoms with E-state index in [9.17, 15) is 9.59 Å². The zero-order chi connectivity index (χ0) is 18.0. The molecule has 0 fully saturated rings. The third-order valence-corrected chi connectivity index (χ3v) is 4.22. The lowest BCUT2D eigenvalue weighted by Gasteiger charge is -2.23. The first kappa shape index (κ1) is 17.0. The number of carbonyl (C=O) groups excluding carboxylic acids is 2. The number of ketones is 1. The van der Waals surface area contributed by atoms with Crippen LogP contribution in [-0.4, -0.2) is 11.8 Å². The molecule has 2 aromatic rings. The number of carbonyl (C=O) groups is 2. The van der Waals surface area contributed by atoms with Gasteiger partial charge in [-0.15, -0.1) is 0 Å². The van der Waals surface area contributed by atoms with Crippen LogP contribution >= 0.6 is 0 Å². The second kappa shape index (κ2) is 6.93. The molecular formula is C21H20O4. The Morgan fingerprint density at radius 3 is 2.04 bits per heavy atom. The molecule has 3 rings (SSSR count). The number of hydrogen-bond donors (Lipinski definition) is 0. The number of esters is 1. The standard InChI is InChI=1S/C21H20O4/c1-4-13(3)24-16-10-6-8-14-12-15-9-7-11-17(25-18(22)5-2)20(15)21(23)19(14)16/h6-11H,3-5,12H2,1-2H3. The van der Waals surface area contributed by atoms with Gasteiger partial charge in [0.05, 0.1) is 16.9 Å². The lowest BCUT2D eigenvalue weighted by atomic mass is 9.84. The summed E-state index contributed by atoms with van der Waals surface area (Å²) in [6.45, 7) is 7.51. The third-order valence-electron chi connectivity index (χ3n) is 4.22. The second-order valence-electron chi connectivity index (χ2n) is 5.91. The Bertz CT molecular complexity index is 795. The highest BCUT2D eigenvalue weighted by Gasteiger charge is 2.30. The first-order valence-corrected chi connectivity index (χ1v) is 8.39. The van der Waals surface area contributed by atoms with Crippen molar-refractivity contribution in [3.63, 3.8) is 0 Å². The van der Waals surface area contributed by atoms with E-state index in [0.717, 1.165) is 11.1 Å². The monoisotopic (exact) mass is 336 g/mol. The van der Waals surface area contributed by atoms with Gasteiger partial charge in [0.15, 0.2) is 0 Å². The fourth-order valence-corrected chi connectivity index (χ4v) is 2.89. The summed E-state index contributed by atoms with van der Waals surface area (Å²) >= 11 is 0. The molecule has 0 radical (unpaired) electrons. The van der Waals surface area contributed by atoms with Gasteiger partial charge in [-0.2, -0.15) is 0 Å². The Kier molecular flexibility index (Phi) is 4.70. The molecule has 0 spiro atoms. The fraction of sp³-hybridized carbons (Fsp3) is 0.238. The van der Waals surface area contributed by atoms with Crippen molar-refractivity contribution in [3.8, 4) is 11.5 Å². The molecule has 1 aliphatic carbocycles. The molecule has 4 nitrogen and oxygen atoms in total. The van der Waals surface area contributed by atoms with E-state index in [1.54, 1.807) is 25.1 Å². The Balaban J connectivity index is 2.08. The zero-order valence-electron chi connectivity index (χ0n) is 14.4. The molecule has 0 N–H and O–H groups in total. The molecule has 128 valence electrons. The average molecular weight is 336 g/mol. The highest BCUT2D eigenvalue weighted by Crippen LogP contribution is 2.37. The summed E-state index contributed by atoms with van der Waals surface area (Å²) in [6, 6.07) is 10.9. The molecule has 0 bridgehead atoms. The first-order valence-electron chi connectivity index (χ1n) is 8.39. The Hall–Kier alpha value is -2.88. The molecule has 25 heavy (non-hydrogen) atoms. The maximum atomic E-state index is 13.2. The van der Waals surface area contributed by atoms with Gasteiger partial charge in [0.25, 0.3) is 0 Å². The summed E-state index contributed by atoms with van der Waals surface area (Å²) in [5.41, 5.74) is 2.71. The maximum Gasteiger partial charge on any atom is 0.310 e. The molecule has 0 heterocycles. The van der Waals surface area contributed by atoms with E-state index in [0.29, 0.717) is 41.2 Å². The van der Waals surface area contributed by atoms with Crippen LogP contribution in [0.5, 0.6) is 11.5 Å². The number of hydrogen-bond acceptors (Lipinski definition) is 4. The van der Waals surface area contributed by atoms with Crippen molar-refractivity contribution < 1.29 is 19.1 Å². The summed E-state index contributed by atoms with van der Waals surface area (Å²) in [5, 5.41) is 0. The molecule has 2 aromatic carbocycles. The highest BCUT2D eigenvalue weighted by atomic mass is 16.5. The first-order chi connectivity index (χ1) is 12.0. The van der Waals surface area contributed by atoms with Crippen LogP contribution in [0.4, 0.5) is 0 Å². The fourth-order valence-electron chi connectivity index (χ4n) is 2.89. The molecule has 0 saturated heterocycles. The lowest BCUT2D eigenvalue weighted by molar-refractivity contribution is -0.134. The molecular weight excluding hydrogens is 316 g/mol. The summed E-state index contributed by atoms with van der Waals surface area (Å²) in [6.07, 6.45) is 1.50. The summed E-state index contributed by atoms with van der Waals surface area (Å²) in [4.78, 5) is 24.9. The van der Waals surface area contributed by atoms with Crippen molar-refractivity contribution in [3.05, 3.63) is 71.0 Å². The van der Waals surface area contributed by atoms with Crippen molar-refractivity contribution in [1.29, 1.82) is 0 Å². The molecule has 0 saturated carbocycles. The summed E-state index contributed by atoms with van der Waals surface area (Å²) < 4.78 is 11.1. The van der Waals surface area contributed by atoms with Crippen LogP contribution in [0.1, 0.15) is 53.7 Å². The Morgan fingerprint density at radius 1 is 0.960 bits per heavy atom. The van der Waals surface area contributed by atoms with Crippen molar-refractivity contribution >= 4 is 11.8 Å². The minimum Gasteiger partial charge on any atom is -0.462 e. The van der Waals surface area contributed by atoms with E-state index in [1.165, 1.54) is 0 Å². The third kappa shape index (κ3) is 3.20. The molecule has 1 aliphatic rings. The van der Waals surface area contributed by atoms with Gasteiger partial charge >= 0.3 is 5.97 Å². The quantitative estimate of drug-likeness (QED) is 0.393. The summed E-state index contributed by atoms with van der Waals surface area (Å²) in [5.74, 6) is 0.851. The predicted molar refractivity (Wildman–Crippen MR) is 95.1 cm³/mol. The summed E-state index contributed by atoms with van der Waals surface area (Å²) in [7, 11) is 0. The van der Waals surface area contributed by atoms with Gasteiger partial charge < -0.3 is 9.47 Å². The van der Waals surface area contributed by atoms with Gasteiger partial charge in [0, 0.05) is 12.8 Å². The van der Waals surface area contributed by atoms with Gasteiger partial charge in [0.1, 0.15) is 11.5 Å². The molecule has 4 heteroatoms. The Labute approximate surface area is 147 Å². The van der Waals surface area contributed by atoms with Crippen molar-refractivity contribution in [2.45, 2.75) is 33.1 Å². The minimum atomic E-state index is -0.365. The number of rotatable bonds is 5. The normalized spacial score (nSPS) is 12.2. The van der Waals surface area contributed by atoms with Gasteiger partial charge in [-0.3, -0.25) is 9.59 Å². The van der Waals surface area contributed by atoms with Crippen molar-refractivity contribution in [2.24, 2.45) is 0 Å². The van der Waals surface area contributed by atoms with Crippen LogP contribution in [-0.2, 0) is 11.2 Å². The van der Waals surface area contributed by atoms with Gasteiger partial charge in [0.2, 0.25) is 5.78 Å². The number of fused-ring (bicyclic) bond motifs is 2. The number of allylic oxidation sites excluding steroid dienone is 1. The van der Waals surface area contributed by atoms with E-state index in [-0.39, 0.29) is 18.2 Å². The van der Waals surface area contributed by atoms with Crippen LogP contribution < -0.4 is 9.47 Å². The largest absolute Gasteiger partial charge is 0.462 e. The topological polar surface area (TPSA) is 52.6 Å². The van der Waals surface area contributed by atoms with Gasteiger partial charge in [-0.25, -0.2) is 0 Å². The van der Waals surface area contributed by atoms with Crippen LogP contribution in [0.3, 0.4) is 0 Å². The van der Waals surface area contributed by atoms with E-state index >= 15 is 0 Å². The molecule has 0 aromatic heterocycles. The maximum absolute atomic E-state index is 13.2. The van der Waals surface area contributed by atoms with E-state index in [2.05, 4.69) is 6.58 Å². The van der Waals surface area contributed by atoms with Gasteiger partial charge in [-0.1, -0.05) is 44.7 Å². The average Bonchev–Trinajstić information content (AvgIpc) is 2.61. The van der Waals surface area contributed by atoms with Crippen molar-refractivity contribution in [2.75, 3.05) is 0 Å². The van der Waals surface area contributed by atoms with Crippen LogP contribution in [0.15, 0.2) is 48.7 Å². The minimum absolute atomic E-state index is 0.185.